The van der Waals surface area contributed by atoms with Crippen LogP contribution in [0, 0.1) is 11.8 Å². The van der Waals surface area contributed by atoms with Crippen molar-refractivity contribution in [3.63, 3.8) is 0 Å². The lowest BCUT2D eigenvalue weighted by Crippen LogP contribution is -2.59. The maximum atomic E-state index is 14.4. The molecule has 0 radical (unpaired) electrons. The maximum absolute atomic E-state index is 14.4. The number of nitrogen functional groups attached to an aromatic ring is 1. The Morgan fingerprint density at radius 3 is 2.59 bits per heavy atom. The van der Waals surface area contributed by atoms with Crippen LogP contribution in [0.1, 0.15) is 108 Å². The summed E-state index contributed by atoms with van der Waals surface area (Å²) in [6.45, 7) is 6.07. The molecule has 4 aliphatic rings. The summed E-state index contributed by atoms with van der Waals surface area (Å²) in [5.74, 6) is -2.03. The highest BCUT2D eigenvalue weighted by molar-refractivity contribution is 5.92. The minimum absolute atomic E-state index is 0.0142. The summed E-state index contributed by atoms with van der Waals surface area (Å²) in [4.78, 5) is 38.2. The Morgan fingerprint density at radius 2 is 1.84 bits per heavy atom. The number of nitrogens with zero attached hydrogens (tertiary/aromatic N) is 2. The number of nitrogens with two attached hydrogens (primary N) is 1. The van der Waals surface area contributed by atoms with E-state index in [4.69, 9.17) is 29.6 Å². The van der Waals surface area contributed by atoms with Gasteiger partial charge in [0.25, 0.3) is 0 Å². The van der Waals surface area contributed by atoms with Gasteiger partial charge in [0.1, 0.15) is 63.9 Å². The van der Waals surface area contributed by atoms with Gasteiger partial charge in [-0.3, -0.25) is 4.79 Å². The number of aromatic nitrogens is 2. The highest BCUT2D eigenvalue weighted by Crippen LogP contribution is 2.60. The molecule has 0 amide bonds. The van der Waals surface area contributed by atoms with Crippen LogP contribution in [-0.2, 0) is 41.8 Å². The maximum Gasteiger partial charge on any atom is 0.334 e. The Morgan fingerprint density at radius 1 is 1.03 bits per heavy atom. The smallest absolute Gasteiger partial charge is 0.334 e. The molecule has 3 aromatic heterocycles. The van der Waals surface area contributed by atoms with Crippen LogP contribution in [0.25, 0.3) is 11.0 Å². The topological polar surface area (TPSA) is 223 Å². The van der Waals surface area contributed by atoms with Crippen molar-refractivity contribution in [2.75, 3.05) is 37.8 Å². The number of phenols is 2. The van der Waals surface area contributed by atoms with Gasteiger partial charge in [-0.2, -0.15) is 0 Å². The molecular formula is C50H57N5O9. The Balaban J connectivity index is 1.42. The average Bonchev–Trinajstić information content (AvgIpc) is 3.44. The van der Waals surface area contributed by atoms with Crippen molar-refractivity contribution in [1.29, 1.82) is 0 Å². The second-order valence-corrected chi connectivity index (χ2v) is 17.9. The average molecular weight is 872 g/mol. The SMILES string of the molecule is C/C=C(/CCNC)C(=O)O[C@@H]1Cc2c3c(c4oc(CO)cc(=O)c4c2O)[C@H]2c4ccnc(N)c4[C@@H](CCc4ccc(O)cc4[C@H]2CO)[C@H]2CCc4cc(NCC)ncc4C[C@@H]2[C@]1(C)O3. The van der Waals surface area contributed by atoms with E-state index in [1.807, 2.05) is 39.2 Å². The number of fused-ring (bicyclic) bond motifs is 9. The van der Waals surface area contributed by atoms with Gasteiger partial charge in [-0.1, -0.05) is 12.1 Å². The summed E-state index contributed by atoms with van der Waals surface area (Å²) in [7, 11) is 1.82. The zero-order valence-electron chi connectivity index (χ0n) is 36.7. The van der Waals surface area contributed by atoms with Gasteiger partial charge in [0.05, 0.1) is 6.61 Å². The number of hydrogen-bond donors (Lipinski definition) is 7. The van der Waals surface area contributed by atoms with E-state index in [9.17, 15) is 30.0 Å². The minimum atomic E-state index is -1.30. The third-order valence-electron chi connectivity index (χ3n) is 14.6. The van der Waals surface area contributed by atoms with Gasteiger partial charge in [0.15, 0.2) is 5.43 Å². The predicted molar refractivity (Wildman–Crippen MR) is 242 cm³/mol. The van der Waals surface area contributed by atoms with E-state index >= 15 is 0 Å². The molecule has 0 spiro atoms. The summed E-state index contributed by atoms with van der Waals surface area (Å²) in [5.41, 5.74) is 11.7. The first kappa shape index (κ1) is 43.3. The second kappa shape index (κ2) is 17.2. The number of aliphatic hydroxyl groups excluding tert-OH is 2. The van der Waals surface area contributed by atoms with E-state index in [-0.39, 0.29) is 63.7 Å². The van der Waals surface area contributed by atoms with Crippen molar-refractivity contribution >= 4 is 28.6 Å². The number of phenolic OH excluding ortho intramolecular Hbond substituents is 2. The molecule has 336 valence electrons. The van der Waals surface area contributed by atoms with E-state index in [0.29, 0.717) is 74.1 Å². The Labute approximate surface area is 371 Å². The van der Waals surface area contributed by atoms with Gasteiger partial charge in [-0.25, -0.2) is 14.8 Å². The molecular weight excluding hydrogens is 815 g/mol. The number of pyridine rings is 2. The molecule has 0 fully saturated rings. The normalized spacial score (nSPS) is 24.7. The first-order valence-electron chi connectivity index (χ1n) is 22.5. The standard InChI is InChI=1S/C50H57N5O9/c1-5-25(13-15-52-4)49(61)63-39-21-35-45(60)43-38(59)20-30(23-56)62-47(43)44-41-33-14-16-54-48(51)42(33)32(12-8-26-7-10-29(58)19-34(26)36(41)24-57)31-11-9-27-18-40(53-6-2)55-22-28(27)17-37(31)50(39,3)64-46(35)44/h5,7,10,14,16,18-20,22,31-32,36-37,39,41,52,56-58,60H,6,8-9,11-13,15,17,21,23-24H2,1-4H3,(H2,51,54)(H,53,55)/b25-5-/t31-,32+,36-,37+,39-,41+,50+/m1/s1. The Hall–Kier alpha value is -5.96. The van der Waals surface area contributed by atoms with E-state index in [1.165, 1.54) is 0 Å². The fraction of sp³-hybridized carbons (Fsp3) is 0.440. The molecule has 2 aliphatic carbocycles. The fourth-order valence-electron chi connectivity index (χ4n) is 11.5. The number of nitrogens with one attached hydrogen (secondary N) is 2. The van der Waals surface area contributed by atoms with E-state index < -0.39 is 48.2 Å². The molecule has 0 saturated heterocycles. The third kappa shape index (κ3) is 7.15. The van der Waals surface area contributed by atoms with Crippen LogP contribution in [-0.4, -0.2) is 74.8 Å². The van der Waals surface area contributed by atoms with Crippen LogP contribution in [0.2, 0.25) is 0 Å². The number of benzene rings is 2. The summed E-state index contributed by atoms with van der Waals surface area (Å²) in [6, 6.07) is 10.4. The summed E-state index contributed by atoms with van der Waals surface area (Å²) >= 11 is 0. The van der Waals surface area contributed by atoms with Crippen molar-refractivity contribution in [2.45, 2.75) is 102 Å². The second-order valence-electron chi connectivity index (χ2n) is 17.9. The number of aryl methyl sites for hydroxylation is 2. The molecule has 2 aliphatic heterocycles. The van der Waals surface area contributed by atoms with Gasteiger partial charge in [-0.15, -0.1) is 0 Å². The molecule has 14 heteroatoms. The number of ether oxygens (including phenoxy) is 2. The zero-order chi connectivity index (χ0) is 45.0. The predicted octanol–water partition coefficient (Wildman–Crippen LogP) is 6.03. The Kier molecular flexibility index (Phi) is 11.6. The molecule has 64 heavy (non-hydrogen) atoms. The molecule has 0 saturated carbocycles. The monoisotopic (exact) mass is 871 g/mol. The number of aromatic hydroxyl groups is 2. The molecule has 14 nitrogen and oxygen atoms in total. The molecule has 8 N–H and O–H groups in total. The van der Waals surface area contributed by atoms with Gasteiger partial charge in [0.2, 0.25) is 0 Å². The summed E-state index contributed by atoms with van der Waals surface area (Å²) in [5, 5.41) is 52.1. The van der Waals surface area contributed by atoms with Crippen molar-refractivity contribution in [1.82, 2.24) is 15.3 Å². The highest BCUT2D eigenvalue weighted by Gasteiger charge is 2.57. The van der Waals surface area contributed by atoms with E-state index in [0.717, 1.165) is 39.7 Å². The summed E-state index contributed by atoms with van der Waals surface area (Å²) < 4.78 is 20.8. The molecule has 5 aromatic rings. The number of anilines is 2. The van der Waals surface area contributed by atoms with Crippen LogP contribution >= 0.6 is 0 Å². The minimum Gasteiger partial charge on any atom is -0.508 e. The largest absolute Gasteiger partial charge is 0.508 e. The molecule has 4 bridgehead atoms. The van der Waals surface area contributed by atoms with Crippen LogP contribution in [0.4, 0.5) is 11.6 Å². The molecule has 9 rings (SSSR count). The summed E-state index contributed by atoms with van der Waals surface area (Å²) in [6.07, 6.45) is 7.83. The number of hydrogen-bond acceptors (Lipinski definition) is 14. The fourth-order valence-corrected chi connectivity index (χ4v) is 11.5. The van der Waals surface area contributed by atoms with E-state index in [1.54, 1.807) is 31.3 Å². The van der Waals surface area contributed by atoms with Crippen molar-refractivity contribution in [3.8, 4) is 17.2 Å². The van der Waals surface area contributed by atoms with Gasteiger partial charge >= 0.3 is 5.97 Å². The lowest BCUT2D eigenvalue weighted by atomic mass is 9.62. The number of esters is 1. The zero-order valence-corrected chi connectivity index (χ0v) is 36.7. The number of carbonyl (C=O) groups is 1. The molecule has 2 aromatic carbocycles. The number of carbonyl (C=O) groups excluding carboxylic acids is 1. The first-order chi connectivity index (χ1) is 30.9. The molecule has 5 heterocycles. The third-order valence-corrected chi connectivity index (χ3v) is 14.6. The molecule has 7 atom stereocenters. The van der Waals surface area contributed by atoms with Crippen LogP contribution in [0.5, 0.6) is 17.2 Å². The van der Waals surface area contributed by atoms with Crippen LogP contribution in [0.3, 0.4) is 0 Å². The van der Waals surface area contributed by atoms with Gasteiger partial charge < -0.3 is 50.7 Å². The number of allylic oxidation sites excluding steroid dienone is 1. The quantitative estimate of drug-likeness (QED) is 0.0664. The number of rotatable bonds is 9. The number of aliphatic hydroxyl groups is 2. The van der Waals surface area contributed by atoms with Crippen LogP contribution < -0.4 is 26.5 Å². The molecule has 0 unspecified atom stereocenters. The van der Waals surface area contributed by atoms with Crippen molar-refractivity contribution in [2.24, 2.45) is 11.8 Å². The Bertz CT molecular complexity index is 2730. The van der Waals surface area contributed by atoms with Crippen molar-refractivity contribution < 1.29 is 39.1 Å². The lowest BCUT2D eigenvalue weighted by molar-refractivity contribution is -0.168. The van der Waals surface area contributed by atoms with Crippen LogP contribution in [0.15, 0.2) is 69.7 Å². The van der Waals surface area contributed by atoms with E-state index in [2.05, 4.69) is 16.7 Å². The van der Waals surface area contributed by atoms with Crippen molar-refractivity contribution in [3.05, 3.63) is 121 Å². The lowest BCUT2D eigenvalue weighted by Gasteiger charge is -2.51. The van der Waals surface area contributed by atoms with Gasteiger partial charge in [-0.05, 0) is 137 Å². The van der Waals surface area contributed by atoms with Gasteiger partial charge in [0, 0.05) is 71.4 Å². The highest BCUT2D eigenvalue weighted by atomic mass is 16.6. The first-order valence-corrected chi connectivity index (χ1v) is 22.5.